The van der Waals surface area contributed by atoms with Crippen molar-refractivity contribution in [3.05, 3.63) is 64.1 Å². The Bertz CT molecular complexity index is 1020. The van der Waals surface area contributed by atoms with E-state index >= 15 is 0 Å². The molecule has 1 fully saturated rings. The molecule has 150 valence electrons. The lowest BCUT2D eigenvalue weighted by Gasteiger charge is -2.17. The van der Waals surface area contributed by atoms with Crippen molar-refractivity contribution in [3.8, 4) is 5.75 Å². The van der Waals surface area contributed by atoms with Crippen molar-refractivity contribution in [2.45, 2.75) is 19.4 Å². The van der Waals surface area contributed by atoms with E-state index in [1.54, 1.807) is 18.2 Å². The first-order valence-electron chi connectivity index (χ1n) is 9.59. The van der Waals surface area contributed by atoms with Crippen LogP contribution in [-0.2, 0) is 11.3 Å². The number of para-hydroxylation sites is 1. The molecular formula is C22H21Cl2N3O2. The van der Waals surface area contributed by atoms with Crippen molar-refractivity contribution < 1.29 is 9.53 Å². The van der Waals surface area contributed by atoms with Crippen molar-refractivity contribution in [2.75, 3.05) is 24.6 Å². The zero-order valence-corrected chi connectivity index (χ0v) is 17.3. The summed E-state index contributed by atoms with van der Waals surface area (Å²) in [5, 5.41) is 4.81. The highest BCUT2D eigenvalue weighted by atomic mass is 35.5. The van der Waals surface area contributed by atoms with Crippen LogP contribution < -0.4 is 15.0 Å². The Morgan fingerprint density at radius 2 is 1.76 bits per heavy atom. The van der Waals surface area contributed by atoms with Crippen LogP contribution in [0.2, 0.25) is 10.0 Å². The summed E-state index contributed by atoms with van der Waals surface area (Å²) in [5.41, 5.74) is 1.45. The van der Waals surface area contributed by atoms with Crippen LogP contribution in [0.1, 0.15) is 18.4 Å². The van der Waals surface area contributed by atoms with Gasteiger partial charge in [0.15, 0.2) is 6.61 Å². The van der Waals surface area contributed by atoms with Gasteiger partial charge in [0.25, 0.3) is 5.91 Å². The number of halogens is 2. The van der Waals surface area contributed by atoms with Gasteiger partial charge >= 0.3 is 0 Å². The molecule has 0 unspecified atom stereocenters. The van der Waals surface area contributed by atoms with Gasteiger partial charge in [-0.3, -0.25) is 4.79 Å². The zero-order valence-electron chi connectivity index (χ0n) is 15.8. The number of hydrogen-bond donors (Lipinski definition) is 1. The van der Waals surface area contributed by atoms with Crippen molar-refractivity contribution in [3.63, 3.8) is 0 Å². The number of carbonyl (C=O) groups excluding carboxylic acids is 1. The van der Waals surface area contributed by atoms with E-state index in [0.29, 0.717) is 21.4 Å². The summed E-state index contributed by atoms with van der Waals surface area (Å²) in [6, 6.07) is 15.1. The van der Waals surface area contributed by atoms with Crippen molar-refractivity contribution in [1.29, 1.82) is 0 Å². The Morgan fingerprint density at radius 1 is 1.03 bits per heavy atom. The predicted octanol–water partition coefficient (Wildman–Crippen LogP) is 4.84. The van der Waals surface area contributed by atoms with E-state index in [-0.39, 0.29) is 19.1 Å². The zero-order chi connectivity index (χ0) is 20.2. The molecule has 1 N–H and O–H groups in total. The lowest BCUT2D eigenvalue weighted by Crippen LogP contribution is -2.28. The third-order valence-electron chi connectivity index (χ3n) is 4.98. The fraction of sp³-hybridized carbons (Fsp3) is 0.273. The number of nitrogens with zero attached hydrogens (tertiary/aromatic N) is 2. The predicted molar refractivity (Wildman–Crippen MR) is 117 cm³/mol. The highest BCUT2D eigenvalue weighted by Gasteiger charge is 2.15. The first kappa shape index (κ1) is 19.8. The van der Waals surface area contributed by atoms with E-state index < -0.39 is 0 Å². The second-order valence-corrected chi connectivity index (χ2v) is 7.77. The summed E-state index contributed by atoms with van der Waals surface area (Å²) < 4.78 is 5.79. The third kappa shape index (κ3) is 4.57. The Kier molecular flexibility index (Phi) is 6.07. The lowest BCUT2D eigenvalue weighted by atomic mass is 10.2. The van der Waals surface area contributed by atoms with Crippen molar-refractivity contribution in [2.24, 2.45) is 0 Å². The first-order chi connectivity index (χ1) is 14.1. The molecule has 5 nitrogen and oxygen atoms in total. The summed E-state index contributed by atoms with van der Waals surface area (Å²) in [6.45, 7) is 2.17. The van der Waals surface area contributed by atoms with Crippen LogP contribution in [-0.4, -0.2) is 30.6 Å². The van der Waals surface area contributed by atoms with Gasteiger partial charge in [0.1, 0.15) is 17.1 Å². The van der Waals surface area contributed by atoms with Crippen LogP contribution in [0.3, 0.4) is 0 Å². The number of aromatic nitrogens is 1. The molecule has 1 aromatic heterocycles. The number of anilines is 1. The smallest absolute Gasteiger partial charge is 0.258 e. The van der Waals surface area contributed by atoms with E-state index in [1.807, 2.05) is 30.3 Å². The summed E-state index contributed by atoms with van der Waals surface area (Å²) in [7, 11) is 0. The highest BCUT2D eigenvalue weighted by Crippen LogP contribution is 2.28. The molecule has 0 bridgehead atoms. The Hall–Kier alpha value is -2.50. The maximum atomic E-state index is 12.3. The molecule has 7 heteroatoms. The molecule has 1 amide bonds. The number of carbonyl (C=O) groups is 1. The number of rotatable bonds is 6. The molecule has 0 aliphatic carbocycles. The minimum absolute atomic E-state index is 0.114. The Labute approximate surface area is 179 Å². The van der Waals surface area contributed by atoms with Crippen molar-refractivity contribution >= 4 is 45.8 Å². The molecule has 2 heterocycles. The molecule has 0 saturated carbocycles. The Morgan fingerprint density at radius 3 is 2.52 bits per heavy atom. The standard InChI is InChI=1S/C22H21Cl2N3O2/c23-17-6-4-7-18(24)16(17)13-25-21(28)14-29-19-8-3-5-15-9-10-20(26-22(15)19)27-11-1-2-12-27/h3-10H,1-2,11-14H2,(H,25,28). The average Bonchev–Trinajstić information content (AvgIpc) is 3.26. The summed E-state index contributed by atoms with van der Waals surface area (Å²) in [4.78, 5) is 19.3. The number of benzene rings is 2. The molecule has 29 heavy (non-hydrogen) atoms. The molecule has 0 radical (unpaired) electrons. The van der Waals surface area contributed by atoms with Gasteiger partial charge in [-0.1, -0.05) is 41.4 Å². The normalized spacial score (nSPS) is 13.7. The molecule has 2 aromatic carbocycles. The second kappa shape index (κ2) is 8.89. The molecular weight excluding hydrogens is 409 g/mol. The molecule has 3 aromatic rings. The first-order valence-corrected chi connectivity index (χ1v) is 10.3. The number of amides is 1. The van der Waals surface area contributed by atoms with E-state index in [0.717, 1.165) is 29.8 Å². The number of pyridine rings is 1. The monoisotopic (exact) mass is 429 g/mol. The Balaban J connectivity index is 1.43. The lowest BCUT2D eigenvalue weighted by molar-refractivity contribution is -0.123. The average molecular weight is 430 g/mol. The molecule has 0 atom stereocenters. The molecule has 4 rings (SSSR count). The maximum absolute atomic E-state index is 12.3. The highest BCUT2D eigenvalue weighted by molar-refractivity contribution is 6.36. The number of hydrogen-bond acceptors (Lipinski definition) is 4. The van der Waals surface area contributed by atoms with Gasteiger partial charge in [0.05, 0.1) is 0 Å². The summed E-state index contributed by atoms with van der Waals surface area (Å²) >= 11 is 12.3. The van der Waals surface area contributed by atoms with Crippen LogP contribution in [0.4, 0.5) is 5.82 Å². The van der Waals surface area contributed by atoms with Crippen molar-refractivity contribution in [1.82, 2.24) is 10.3 Å². The fourth-order valence-electron chi connectivity index (χ4n) is 3.43. The van der Waals surface area contributed by atoms with Crippen LogP contribution >= 0.6 is 23.2 Å². The van der Waals surface area contributed by atoms with Gasteiger partial charge in [0, 0.05) is 40.6 Å². The number of ether oxygens (including phenoxy) is 1. The maximum Gasteiger partial charge on any atom is 0.258 e. The number of nitrogens with one attached hydrogen (secondary N) is 1. The van der Waals surface area contributed by atoms with Crippen LogP contribution in [0.15, 0.2) is 48.5 Å². The number of fused-ring (bicyclic) bond motifs is 1. The van der Waals surface area contributed by atoms with Gasteiger partial charge in [-0.05, 0) is 43.2 Å². The van der Waals surface area contributed by atoms with E-state index in [4.69, 9.17) is 32.9 Å². The van der Waals surface area contributed by atoms with E-state index in [9.17, 15) is 4.79 Å². The molecule has 1 aliphatic rings. The minimum atomic E-state index is -0.256. The minimum Gasteiger partial charge on any atom is -0.481 e. The van der Waals surface area contributed by atoms with Gasteiger partial charge in [0.2, 0.25) is 0 Å². The molecule has 1 aliphatic heterocycles. The SMILES string of the molecule is O=C(COc1cccc2ccc(N3CCCC3)nc12)NCc1c(Cl)cccc1Cl. The van der Waals surface area contributed by atoms with Gasteiger partial charge < -0.3 is 15.0 Å². The fourth-order valence-corrected chi connectivity index (χ4v) is 3.96. The van der Waals surface area contributed by atoms with E-state index in [1.165, 1.54) is 12.8 Å². The summed E-state index contributed by atoms with van der Waals surface area (Å²) in [6.07, 6.45) is 2.38. The quantitative estimate of drug-likeness (QED) is 0.608. The van der Waals surface area contributed by atoms with Gasteiger partial charge in [-0.15, -0.1) is 0 Å². The van der Waals surface area contributed by atoms with Crippen LogP contribution in [0.25, 0.3) is 10.9 Å². The third-order valence-corrected chi connectivity index (χ3v) is 5.69. The van der Waals surface area contributed by atoms with Crippen LogP contribution in [0, 0.1) is 0 Å². The second-order valence-electron chi connectivity index (χ2n) is 6.96. The van der Waals surface area contributed by atoms with Gasteiger partial charge in [-0.2, -0.15) is 0 Å². The summed E-state index contributed by atoms with van der Waals surface area (Å²) in [5.74, 6) is 1.28. The van der Waals surface area contributed by atoms with Gasteiger partial charge in [-0.25, -0.2) is 4.98 Å². The topological polar surface area (TPSA) is 54.5 Å². The largest absolute Gasteiger partial charge is 0.481 e. The molecule has 0 spiro atoms. The van der Waals surface area contributed by atoms with Crippen LogP contribution in [0.5, 0.6) is 5.75 Å². The molecule has 1 saturated heterocycles. The van der Waals surface area contributed by atoms with E-state index in [2.05, 4.69) is 10.2 Å².